The molecule has 0 aromatic rings. The second-order valence-electron chi connectivity index (χ2n) is 6.91. The van der Waals surface area contributed by atoms with Crippen LogP contribution in [0.15, 0.2) is 0 Å². The van der Waals surface area contributed by atoms with E-state index in [0.717, 1.165) is 19.5 Å². The minimum Gasteiger partial charge on any atom is -0.333 e. The Balaban J connectivity index is 1.75. The highest BCUT2D eigenvalue weighted by atomic mass is 16.2. The van der Waals surface area contributed by atoms with Crippen molar-refractivity contribution >= 4 is 11.9 Å². The normalized spacial score (nSPS) is 26.9. The fraction of sp³-hybridized carbons (Fsp3) is 0.857. The van der Waals surface area contributed by atoms with Gasteiger partial charge in [-0.2, -0.15) is 0 Å². The van der Waals surface area contributed by atoms with Crippen LogP contribution in [0.25, 0.3) is 0 Å². The fourth-order valence-corrected chi connectivity index (χ4v) is 2.90. The molecule has 6 nitrogen and oxygen atoms in total. The molecule has 0 spiro atoms. The molecule has 2 saturated heterocycles. The number of carbonyl (C=O) groups is 2. The molecule has 0 aromatic carbocycles. The third-order valence-corrected chi connectivity index (χ3v) is 3.72. The van der Waals surface area contributed by atoms with Gasteiger partial charge in [0.1, 0.15) is 0 Å². The standard InChI is InChI=1S/C14H26N4O2/c1-14(2,3)17-13(20)16-12(19)9-18-7-6-10-4-5-11(8-18)15-10/h10-11,15H,4-9H2,1-3H3,(H2,16,17,19,20). The Kier molecular flexibility index (Phi) is 4.65. The van der Waals surface area contributed by atoms with Crippen LogP contribution in [0.4, 0.5) is 4.79 Å². The van der Waals surface area contributed by atoms with Gasteiger partial charge >= 0.3 is 6.03 Å². The first kappa shape index (κ1) is 15.3. The van der Waals surface area contributed by atoms with E-state index in [1.54, 1.807) is 0 Å². The summed E-state index contributed by atoms with van der Waals surface area (Å²) in [5, 5.41) is 8.70. The van der Waals surface area contributed by atoms with E-state index in [2.05, 4.69) is 20.9 Å². The highest BCUT2D eigenvalue weighted by Gasteiger charge is 2.30. The van der Waals surface area contributed by atoms with Gasteiger partial charge in [-0.05, 0) is 40.0 Å². The van der Waals surface area contributed by atoms with Crippen molar-refractivity contribution in [1.82, 2.24) is 20.9 Å². The molecule has 2 heterocycles. The average Bonchev–Trinajstić information content (AvgIpc) is 2.59. The van der Waals surface area contributed by atoms with Gasteiger partial charge in [0.15, 0.2) is 0 Å². The summed E-state index contributed by atoms with van der Waals surface area (Å²) in [7, 11) is 0. The molecule has 0 aliphatic carbocycles. The molecule has 0 saturated carbocycles. The van der Waals surface area contributed by atoms with Gasteiger partial charge in [0.2, 0.25) is 5.91 Å². The van der Waals surface area contributed by atoms with Crippen molar-refractivity contribution < 1.29 is 9.59 Å². The van der Waals surface area contributed by atoms with Crippen LogP contribution >= 0.6 is 0 Å². The lowest BCUT2D eigenvalue weighted by atomic mass is 10.1. The predicted octanol–water partition coefficient (Wildman–Crippen LogP) is 0.437. The van der Waals surface area contributed by atoms with Gasteiger partial charge in [0, 0.05) is 30.7 Å². The number of likely N-dealkylation sites (tertiary alicyclic amines) is 1. The molecular formula is C14H26N4O2. The highest BCUT2D eigenvalue weighted by Crippen LogP contribution is 2.19. The smallest absolute Gasteiger partial charge is 0.321 e. The summed E-state index contributed by atoms with van der Waals surface area (Å²) in [4.78, 5) is 25.7. The second kappa shape index (κ2) is 6.10. The van der Waals surface area contributed by atoms with Crippen LogP contribution in [-0.2, 0) is 4.79 Å². The lowest BCUT2D eigenvalue weighted by Crippen LogP contribution is -2.50. The Morgan fingerprint density at radius 1 is 1.20 bits per heavy atom. The number of hydrogen-bond donors (Lipinski definition) is 3. The van der Waals surface area contributed by atoms with Crippen LogP contribution in [0.5, 0.6) is 0 Å². The SMILES string of the molecule is CC(C)(C)NC(=O)NC(=O)CN1CCC2CCC(C1)N2. The lowest BCUT2D eigenvalue weighted by molar-refractivity contribution is -0.121. The number of carbonyl (C=O) groups excluding carboxylic acids is 2. The van der Waals surface area contributed by atoms with Crippen molar-refractivity contribution in [3.63, 3.8) is 0 Å². The molecule has 2 unspecified atom stereocenters. The molecule has 114 valence electrons. The van der Waals surface area contributed by atoms with Crippen LogP contribution in [0, 0.1) is 0 Å². The molecular weight excluding hydrogens is 256 g/mol. The van der Waals surface area contributed by atoms with E-state index < -0.39 is 6.03 Å². The van der Waals surface area contributed by atoms with E-state index in [9.17, 15) is 9.59 Å². The number of amides is 3. The van der Waals surface area contributed by atoms with Crippen molar-refractivity contribution in [3.8, 4) is 0 Å². The first-order valence-electron chi connectivity index (χ1n) is 7.42. The van der Waals surface area contributed by atoms with Gasteiger partial charge < -0.3 is 10.6 Å². The number of nitrogens with one attached hydrogen (secondary N) is 3. The van der Waals surface area contributed by atoms with Crippen LogP contribution in [0.1, 0.15) is 40.0 Å². The van der Waals surface area contributed by atoms with Crippen LogP contribution in [0.2, 0.25) is 0 Å². The monoisotopic (exact) mass is 282 g/mol. The zero-order valence-electron chi connectivity index (χ0n) is 12.7. The summed E-state index contributed by atoms with van der Waals surface area (Å²) in [6.45, 7) is 7.76. The second-order valence-corrected chi connectivity index (χ2v) is 6.91. The highest BCUT2D eigenvalue weighted by molar-refractivity contribution is 5.95. The zero-order chi connectivity index (χ0) is 14.8. The summed E-state index contributed by atoms with van der Waals surface area (Å²) in [6.07, 6.45) is 3.52. The lowest BCUT2D eigenvalue weighted by Gasteiger charge is -2.24. The largest absolute Gasteiger partial charge is 0.333 e. The predicted molar refractivity (Wildman–Crippen MR) is 77.4 cm³/mol. The third kappa shape index (κ3) is 4.76. The molecule has 2 fully saturated rings. The molecule has 6 heteroatoms. The van der Waals surface area contributed by atoms with Gasteiger partial charge in [-0.1, -0.05) is 0 Å². The first-order valence-corrected chi connectivity index (χ1v) is 7.42. The maximum absolute atomic E-state index is 11.9. The Hall–Kier alpha value is -1.14. The maximum Gasteiger partial charge on any atom is 0.321 e. The van der Waals surface area contributed by atoms with Gasteiger partial charge in [-0.15, -0.1) is 0 Å². The van der Waals surface area contributed by atoms with Crippen LogP contribution in [0.3, 0.4) is 0 Å². The van der Waals surface area contributed by atoms with Crippen molar-refractivity contribution in [2.75, 3.05) is 19.6 Å². The molecule has 0 radical (unpaired) electrons. The fourth-order valence-electron chi connectivity index (χ4n) is 2.90. The maximum atomic E-state index is 11.9. The molecule has 2 aliphatic heterocycles. The Morgan fingerprint density at radius 3 is 2.60 bits per heavy atom. The molecule has 3 N–H and O–H groups in total. The van der Waals surface area contributed by atoms with Gasteiger partial charge in [0.05, 0.1) is 6.54 Å². The van der Waals surface area contributed by atoms with Crippen LogP contribution in [-0.4, -0.2) is 54.1 Å². The third-order valence-electron chi connectivity index (χ3n) is 3.72. The number of hydrogen-bond acceptors (Lipinski definition) is 4. The van der Waals surface area contributed by atoms with Crippen LogP contribution < -0.4 is 16.0 Å². The summed E-state index contributed by atoms with van der Waals surface area (Å²) >= 11 is 0. The van der Waals surface area contributed by atoms with Crippen molar-refractivity contribution in [3.05, 3.63) is 0 Å². The molecule has 2 rings (SSSR count). The minimum atomic E-state index is -0.419. The van der Waals surface area contributed by atoms with Crippen molar-refractivity contribution in [2.24, 2.45) is 0 Å². The minimum absolute atomic E-state index is 0.232. The summed E-state index contributed by atoms with van der Waals surface area (Å²) < 4.78 is 0. The first-order chi connectivity index (χ1) is 9.32. The van der Waals surface area contributed by atoms with Gasteiger partial charge in [-0.3, -0.25) is 15.0 Å². The summed E-state index contributed by atoms with van der Waals surface area (Å²) in [6, 6.07) is 0.688. The van der Waals surface area contributed by atoms with E-state index in [0.29, 0.717) is 18.6 Å². The number of rotatable bonds is 2. The zero-order valence-corrected chi connectivity index (χ0v) is 12.7. The molecule has 2 bridgehead atoms. The van der Waals surface area contributed by atoms with E-state index in [4.69, 9.17) is 0 Å². The molecule has 0 aromatic heterocycles. The number of imide groups is 1. The van der Waals surface area contributed by atoms with E-state index in [1.807, 2.05) is 20.8 Å². The molecule has 20 heavy (non-hydrogen) atoms. The molecule has 2 aliphatic rings. The van der Waals surface area contributed by atoms with Gasteiger partial charge in [0.25, 0.3) is 0 Å². The van der Waals surface area contributed by atoms with E-state index in [1.165, 1.54) is 12.8 Å². The quantitative estimate of drug-likeness (QED) is 0.687. The average molecular weight is 282 g/mol. The number of nitrogens with zero attached hydrogens (tertiary/aromatic N) is 1. The molecule has 3 amide bonds. The Bertz CT molecular complexity index is 378. The Morgan fingerprint density at radius 2 is 1.90 bits per heavy atom. The number of urea groups is 1. The number of fused-ring (bicyclic) bond motifs is 2. The van der Waals surface area contributed by atoms with Crippen molar-refractivity contribution in [2.45, 2.75) is 57.7 Å². The van der Waals surface area contributed by atoms with Gasteiger partial charge in [-0.25, -0.2) is 4.79 Å². The molecule has 2 atom stereocenters. The van der Waals surface area contributed by atoms with E-state index in [-0.39, 0.29) is 11.4 Å². The topological polar surface area (TPSA) is 73.5 Å². The van der Waals surface area contributed by atoms with E-state index >= 15 is 0 Å². The summed E-state index contributed by atoms with van der Waals surface area (Å²) in [5.41, 5.74) is -0.337. The van der Waals surface area contributed by atoms with Crippen molar-refractivity contribution in [1.29, 1.82) is 0 Å². The Labute approximate surface area is 120 Å². The summed E-state index contributed by atoms with van der Waals surface area (Å²) in [5.74, 6) is -0.232.